The molecule has 0 N–H and O–H groups in total. The Morgan fingerprint density at radius 1 is 0.815 bits per heavy atom. The molecule has 4 heteroatoms. The highest BCUT2D eigenvalue weighted by atomic mass is 16.5. The van der Waals surface area contributed by atoms with Crippen LogP contribution >= 0.6 is 0 Å². The molecule has 27 heavy (non-hydrogen) atoms. The van der Waals surface area contributed by atoms with Crippen molar-refractivity contribution in [2.75, 3.05) is 7.11 Å². The maximum absolute atomic E-state index is 6.00. The third kappa shape index (κ3) is 3.80. The Kier molecular flexibility index (Phi) is 4.79. The fourth-order valence-corrected chi connectivity index (χ4v) is 2.78. The van der Waals surface area contributed by atoms with E-state index in [1.807, 2.05) is 84.9 Å². The smallest absolute Gasteiger partial charge is 0.248 e. The van der Waals surface area contributed by atoms with Crippen LogP contribution in [0.25, 0.3) is 23.1 Å². The van der Waals surface area contributed by atoms with Gasteiger partial charge in [-0.2, -0.15) is 0 Å². The summed E-state index contributed by atoms with van der Waals surface area (Å²) in [5.41, 5.74) is 3.82. The molecule has 0 aliphatic carbocycles. The summed E-state index contributed by atoms with van der Waals surface area (Å²) < 4.78 is 11.2. The largest absolute Gasteiger partial charge is 0.497 e. The number of nitrogens with zero attached hydrogens (tertiary/aromatic N) is 2. The lowest BCUT2D eigenvalue weighted by Gasteiger charge is -2.04. The van der Waals surface area contributed by atoms with Crippen molar-refractivity contribution in [3.63, 3.8) is 0 Å². The van der Waals surface area contributed by atoms with Crippen molar-refractivity contribution in [3.8, 4) is 17.2 Å². The second-order valence-corrected chi connectivity index (χ2v) is 5.98. The van der Waals surface area contributed by atoms with Crippen molar-refractivity contribution in [3.05, 3.63) is 102 Å². The molecular weight excluding hydrogens is 336 g/mol. The van der Waals surface area contributed by atoms with Gasteiger partial charge in [-0.3, -0.25) is 0 Å². The van der Waals surface area contributed by atoms with Crippen LogP contribution in [-0.2, 0) is 0 Å². The normalized spacial score (nSPS) is 11.4. The zero-order valence-electron chi connectivity index (χ0n) is 14.9. The molecule has 132 valence electrons. The number of rotatable bonds is 5. The summed E-state index contributed by atoms with van der Waals surface area (Å²) in [4.78, 5) is 0. The van der Waals surface area contributed by atoms with Crippen LogP contribution in [0.3, 0.4) is 0 Å². The standard InChI is InChI=1S/C23H18N2O2/c1-26-20-14-12-19(13-15-20)22-24-25-23(27-22)21(18-10-6-3-7-11-18)16-17-8-4-2-5-9-17/h2-16H,1H3/b21-16+. The number of aromatic nitrogens is 2. The molecule has 3 aromatic carbocycles. The zero-order chi connectivity index (χ0) is 18.5. The Labute approximate surface area is 157 Å². The van der Waals surface area contributed by atoms with E-state index in [0.717, 1.165) is 28.0 Å². The predicted molar refractivity (Wildman–Crippen MR) is 106 cm³/mol. The van der Waals surface area contributed by atoms with Gasteiger partial charge in [0.15, 0.2) is 0 Å². The molecular formula is C23H18N2O2. The molecule has 1 heterocycles. The van der Waals surface area contributed by atoms with E-state index in [9.17, 15) is 0 Å². The molecule has 0 aliphatic heterocycles. The third-order valence-corrected chi connectivity index (χ3v) is 4.19. The molecule has 0 spiro atoms. The van der Waals surface area contributed by atoms with Crippen LogP contribution < -0.4 is 4.74 Å². The lowest BCUT2D eigenvalue weighted by atomic mass is 10.0. The van der Waals surface area contributed by atoms with Gasteiger partial charge in [-0.05, 0) is 41.5 Å². The molecule has 0 saturated carbocycles. The topological polar surface area (TPSA) is 48.2 Å². The Bertz CT molecular complexity index is 1040. The van der Waals surface area contributed by atoms with Gasteiger partial charge in [0.05, 0.1) is 7.11 Å². The Hall–Kier alpha value is -3.66. The summed E-state index contributed by atoms with van der Waals surface area (Å²) in [5.74, 6) is 1.74. The molecule has 0 aliphatic rings. The van der Waals surface area contributed by atoms with E-state index >= 15 is 0 Å². The maximum Gasteiger partial charge on any atom is 0.248 e. The molecule has 0 radical (unpaired) electrons. The summed E-state index contributed by atoms with van der Waals surface area (Å²) in [6.07, 6.45) is 2.06. The van der Waals surface area contributed by atoms with E-state index in [4.69, 9.17) is 9.15 Å². The first kappa shape index (κ1) is 16.8. The van der Waals surface area contributed by atoms with E-state index in [0.29, 0.717) is 11.8 Å². The summed E-state index contributed by atoms with van der Waals surface area (Å²) in [6, 6.07) is 27.7. The van der Waals surface area contributed by atoms with Gasteiger partial charge in [-0.15, -0.1) is 10.2 Å². The second-order valence-electron chi connectivity index (χ2n) is 5.98. The molecule has 1 aromatic heterocycles. The number of hydrogen-bond donors (Lipinski definition) is 0. The molecule has 0 bridgehead atoms. The first-order valence-corrected chi connectivity index (χ1v) is 8.64. The Morgan fingerprint density at radius 2 is 1.48 bits per heavy atom. The Balaban J connectivity index is 1.75. The highest BCUT2D eigenvalue weighted by Gasteiger charge is 2.14. The number of hydrogen-bond acceptors (Lipinski definition) is 4. The third-order valence-electron chi connectivity index (χ3n) is 4.19. The van der Waals surface area contributed by atoms with Gasteiger partial charge in [-0.25, -0.2) is 0 Å². The van der Waals surface area contributed by atoms with Crippen LogP contribution in [0.5, 0.6) is 5.75 Å². The van der Waals surface area contributed by atoms with Crippen LogP contribution in [0.2, 0.25) is 0 Å². The minimum Gasteiger partial charge on any atom is -0.497 e. The van der Waals surface area contributed by atoms with Gasteiger partial charge >= 0.3 is 0 Å². The summed E-state index contributed by atoms with van der Waals surface area (Å²) in [5, 5.41) is 8.52. The lowest BCUT2D eigenvalue weighted by Crippen LogP contribution is -1.88. The van der Waals surface area contributed by atoms with Gasteiger partial charge in [0.2, 0.25) is 11.8 Å². The quantitative estimate of drug-likeness (QED) is 0.454. The van der Waals surface area contributed by atoms with Crippen molar-refractivity contribution in [2.45, 2.75) is 0 Å². The SMILES string of the molecule is COc1ccc(-c2nnc(/C(=C/c3ccccc3)c3ccccc3)o2)cc1. The highest BCUT2D eigenvalue weighted by molar-refractivity contribution is 5.88. The molecule has 0 fully saturated rings. The van der Waals surface area contributed by atoms with E-state index in [1.54, 1.807) is 7.11 Å². The molecule has 0 saturated heterocycles. The van der Waals surface area contributed by atoms with Crippen LogP contribution in [0, 0.1) is 0 Å². The number of methoxy groups -OCH3 is 1. The number of benzene rings is 3. The fraction of sp³-hybridized carbons (Fsp3) is 0.0435. The zero-order valence-corrected chi connectivity index (χ0v) is 14.9. The monoisotopic (exact) mass is 354 g/mol. The minimum absolute atomic E-state index is 0.475. The van der Waals surface area contributed by atoms with Crippen molar-refractivity contribution >= 4 is 11.6 Å². The van der Waals surface area contributed by atoms with Gasteiger partial charge in [0, 0.05) is 11.1 Å². The van der Waals surface area contributed by atoms with E-state index in [1.165, 1.54) is 0 Å². The molecule has 0 unspecified atom stereocenters. The van der Waals surface area contributed by atoms with Gasteiger partial charge in [0.1, 0.15) is 5.75 Å². The first-order chi connectivity index (χ1) is 13.3. The molecule has 0 atom stereocenters. The van der Waals surface area contributed by atoms with Crippen LogP contribution in [0.1, 0.15) is 17.0 Å². The summed E-state index contributed by atoms with van der Waals surface area (Å²) >= 11 is 0. The van der Waals surface area contributed by atoms with Crippen molar-refractivity contribution in [1.82, 2.24) is 10.2 Å². The van der Waals surface area contributed by atoms with Crippen LogP contribution in [-0.4, -0.2) is 17.3 Å². The maximum atomic E-state index is 6.00. The summed E-state index contributed by atoms with van der Waals surface area (Å²) in [7, 11) is 1.64. The van der Waals surface area contributed by atoms with Crippen molar-refractivity contribution in [2.24, 2.45) is 0 Å². The highest BCUT2D eigenvalue weighted by Crippen LogP contribution is 2.28. The van der Waals surface area contributed by atoms with E-state index < -0.39 is 0 Å². The first-order valence-electron chi connectivity index (χ1n) is 8.64. The van der Waals surface area contributed by atoms with Crippen molar-refractivity contribution < 1.29 is 9.15 Å². The molecule has 0 amide bonds. The van der Waals surface area contributed by atoms with Crippen LogP contribution in [0.15, 0.2) is 89.3 Å². The van der Waals surface area contributed by atoms with Crippen molar-refractivity contribution in [1.29, 1.82) is 0 Å². The van der Waals surface area contributed by atoms with Gasteiger partial charge < -0.3 is 9.15 Å². The summed E-state index contributed by atoms with van der Waals surface area (Å²) in [6.45, 7) is 0. The molecule has 4 rings (SSSR count). The van der Waals surface area contributed by atoms with E-state index in [2.05, 4.69) is 16.3 Å². The average molecular weight is 354 g/mol. The average Bonchev–Trinajstić information content (AvgIpc) is 3.23. The van der Waals surface area contributed by atoms with Gasteiger partial charge in [-0.1, -0.05) is 60.7 Å². The van der Waals surface area contributed by atoms with Crippen LogP contribution in [0.4, 0.5) is 0 Å². The molecule has 4 aromatic rings. The molecule has 4 nitrogen and oxygen atoms in total. The fourth-order valence-electron chi connectivity index (χ4n) is 2.78. The predicted octanol–water partition coefficient (Wildman–Crippen LogP) is 5.33. The second kappa shape index (κ2) is 7.70. The Morgan fingerprint density at radius 3 is 2.15 bits per heavy atom. The number of ether oxygens (including phenoxy) is 1. The van der Waals surface area contributed by atoms with Gasteiger partial charge in [0.25, 0.3) is 0 Å². The minimum atomic E-state index is 0.475. The van der Waals surface area contributed by atoms with E-state index in [-0.39, 0.29) is 0 Å². The lowest BCUT2D eigenvalue weighted by molar-refractivity contribution is 0.415.